The molecule has 21 heavy (non-hydrogen) atoms. The highest BCUT2D eigenvalue weighted by molar-refractivity contribution is 7.99. The number of aryl methyl sites for hydroxylation is 1. The van der Waals surface area contributed by atoms with E-state index in [0.29, 0.717) is 16.0 Å². The van der Waals surface area contributed by atoms with Gasteiger partial charge in [-0.05, 0) is 30.5 Å². The molecule has 0 fully saturated rings. The van der Waals surface area contributed by atoms with Gasteiger partial charge in [0.2, 0.25) is 0 Å². The lowest BCUT2D eigenvalue weighted by atomic mass is 10.1. The van der Waals surface area contributed by atoms with Crippen molar-refractivity contribution >= 4 is 35.0 Å². The molecule has 0 unspecified atom stereocenters. The van der Waals surface area contributed by atoms with Gasteiger partial charge in [-0.2, -0.15) is 0 Å². The monoisotopic (exact) mass is 342 g/mol. The summed E-state index contributed by atoms with van der Waals surface area (Å²) in [5.74, 6) is 1.52. The maximum atomic E-state index is 6.09. The molecule has 0 aliphatic rings. The normalized spacial score (nSPS) is 11.4. The van der Waals surface area contributed by atoms with Crippen LogP contribution in [0.3, 0.4) is 0 Å². The first-order chi connectivity index (χ1) is 9.92. The van der Waals surface area contributed by atoms with Crippen LogP contribution < -0.4 is 0 Å². The van der Waals surface area contributed by atoms with Crippen LogP contribution in [0.5, 0.6) is 0 Å². The molecule has 0 radical (unpaired) electrons. The molecule has 0 spiro atoms. The lowest BCUT2D eigenvalue weighted by molar-refractivity contribution is 0.715. The van der Waals surface area contributed by atoms with Crippen molar-refractivity contribution in [3.05, 3.63) is 39.8 Å². The molecule has 0 aliphatic carbocycles. The van der Waals surface area contributed by atoms with Gasteiger partial charge in [0, 0.05) is 28.4 Å². The highest BCUT2D eigenvalue weighted by Crippen LogP contribution is 2.36. The number of aromatic nitrogens is 2. The Hall–Kier alpha value is -0.640. The van der Waals surface area contributed by atoms with Crippen LogP contribution in [-0.2, 0) is 13.5 Å². The average molecular weight is 343 g/mol. The van der Waals surface area contributed by atoms with E-state index in [0.717, 1.165) is 29.3 Å². The fraction of sp³-hybridized carbons (Fsp3) is 0.438. The number of hydrogen-bond acceptors (Lipinski definition) is 2. The van der Waals surface area contributed by atoms with Crippen molar-refractivity contribution in [2.45, 2.75) is 49.5 Å². The van der Waals surface area contributed by atoms with E-state index in [1.54, 1.807) is 17.8 Å². The minimum absolute atomic E-state index is 0.388. The van der Waals surface area contributed by atoms with E-state index in [1.807, 2.05) is 12.1 Å². The fourth-order valence-electron chi connectivity index (χ4n) is 2.19. The average Bonchev–Trinajstić information content (AvgIpc) is 2.67. The highest BCUT2D eigenvalue weighted by Gasteiger charge is 2.18. The molecule has 2 aromatic rings. The van der Waals surface area contributed by atoms with Crippen LogP contribution in [0.1, 0.15) is 44.6 Å². The second-order valence-electron chi connectivity index (χ2n) is 5.39. The molecule has 2 rings (SSSR count). The van der Waals surface area contributed by atoms with E-state index in [-0.39, 0.29) is 0 Å². The van der Waals surface area contributed by atoms with Gasteiger partial charge in [-0.3, -0.25) is 0 Å². The molecule has 114 valence electrons. The molecule has 0 saturated carbocycles. The summed E-state index contributed by atoms with van der Waals surface area (Å²) in [4.78, 5) is 5.86. The molecule has 0 N–H and O–H groups in total. The molecular weight excluding hydrogens is 323 g/mol. The summed E-state index contributed by atoms with van der Waals surface area (Å²) in [6, 6.07) is 5.63. The van der Waals surface area contributed by atoms with Gasteiger partial charge in [0.1, 0.15) is 10.9 Å². The predicted octanol–water partition coefficient (Wildman–Crippen LogP) is 5.95. The number of benzene rings is 1. The highest BCUT2D eigenvalue weighted by atomic mass is 35.5. The second-order valence-corrected chi connectivity index (χ2v) is 7.32. The van der Waals surface area contributed by atoms with Crippen molar-refractivity contribution in [3.63, 3.8) is 0 Å². The first kappa shape index (κ1) is 16.7. The smallest absolute Gasteiger partial charge is 0.109 e. The Bertz CT molecular complexity index is 615. The molecule has 1 aromatic heterocycles. The molecule has 0 atom stereocenters. The van der Waals surface area contributed by atoms with Crippen LogP contribution in [0.25, 0.3) is 0 Å². The van der Waals surface area contributed by atoms with Gasteiger partial charge in [0.05, 0.1) is 5.69 Å². The summed E-state index contributed by atoms with van der Waals surface area (Å²) in [6.07, 6.45) is 2.09. The van der Waals surface area contributed by atoms with E-state index in [9.17, 15) is 0 Å². The molecule has 1 aromatic carbocycles. The largest absolute Gasteiger partial charge is 0.326 e. The zero-order chi connectivity index (χ0) is 15.6. The molecule has 0 bridgehead atoms. The quantitative estimate of drug-likeness (QED) is 0.667. The van der Waals surface area contributed by atoms with Crippen molar-refractivity contribution in [2.24, 2.45) is 7.05 Å². The lowest BCUT2D eigenvalue weighted by Crippen LogP contribution is -1.98. The fourth-order valence-corrected chi connectivity index (χ4v) is 4.07. The SMILES string of the molecule is CCCc1nc(C(C)C)c(Sc2cc(Cl)cc(Cl)c2)n1C. The van der Waals surface area contributed by atoms with E-state index >= 15 is 0 Å². The van der Waals surface area contributed by atoms with Crippen LogP contribution in [-0.4, -0.2) is 9.55 Å². The van der Waals surface area contributed by atoms with Gasteiger partial charge < -0.3 is 4.57 Å². The molecule has 2 nitrogen and oxygen atoms in total. The van der Waals surface area contributed by atoms with Gasteiger partial charge in [-0.25, -0.2) is 4.98 Å². The third kappa shape index (κ3) is 3.97. The van der Waals surface area contributed by atoms with E-state index in [1.165, 1.54) is 5.03 Å². The molecule has 1 heterocycles. The van der Waals surface area contributed by atoms with Crippen molar-refractivity contribution in [2.75, 3.05) is 0 Å². The number of imidazole rings is 1. The number of nitrogens with zero attached hydrogens (tertiary/aromatic N) is 2. The topological polar surface area (TPSA) is 17.8 Å². The third-order valence-corrected chi connectivity index (χ3v) is 4.82. The van der Waals surface area contributed by atoms with E-state index in [2.05, 4.69) is 32.4 Å². The molecule has 0 amide bonds. The van der Waals surface area contributed by atoms with Gasteiger partial charge in [-0.15, -0.1) is 0 Å². The number of halogens is 2. The Balaban J connectivity index is 2.42. The zero-order valence-electron chi connectivity index (χ0n) is 12.8. The Kier molecular flexibility index (Phi) is 5.64. The summed E-state index contributed by atoms with van der Waals surface area (Å²) in [6.45, 7) is 6.52. The van der Waals surface area contributed by atoms with Gasteiger partial charge in [-0.1, -0.05) is 55.7 Å². The number of hydrogen-bond donors (Lipinski definition) is 0. The Morgan fingerprint density at radius 3 is 2.33 bits per heavy atom. The van der Waals surface area contributed by atoms with Crippen molar-refractivity contribution in [1.82, 2.24) is 9.55 Å². The Morgan fingerprint density at radius 1 is 1.19 bits per heavy atom. The lowest BCUT2D eigenvalue weighted by Gasteiger charge is -2.09. The summed E-state index contributed by atoms with van der Waals surface area (Å²) in [5, 5.41) is 2.49. The zero-order valence-corrected chi connectivity index (χ0v) is 15.1. The first-order valence-corrected chi connectivity index (χ1v) is 8.69. The van der Waals surface area contributed by atoms with Gasteiger partial charge in [0.25, 0.3) is 0 Å². The third-order valence-electron chi connectivity index (χ3n) is 3.23. The maximum Gasteiger partial charge on any atom is 0.109 e. The predicted molar refractivity (Wildman–Crippen MR) is 91.9 cm³/mol. The summed E-state index contributed by atoms with van der Waals surface area (Å²) >= 11 is 13.9. The van der Waals surface area contributed by atoms with E-state index < -0.39 is 0 Å². The standard InChI is InChI=1S/C16H20Cl2N2S/c1-5-6-14-19-15(10(2)3)16(20(14)4)21-13-8-11(17)7-12(18)9-13/h7-10H,5-6H2,1-4H3. The maximum absolute atomic E-state index is 6.09. The minimum Gasteiger partial charge on any atom is -0.326 e. The molecule has 5 heteroatoms. The van der Waals surface area contributed by atoms with E-state index in [4.69, 9.17) is 28.2 Å². The Labute approximate surface area is 140 Å². The van der Waals surface area contributed by atoms with Crippen LogP contribution in [0.15, 0.2) is 28.1 Å². The second kappa shape index (κ2) is 7.08. The van der Waals surface area contributed by atoms with Crippen LogP contribution >= 0.6 is 35.0 Å². The molecular formula is C16H20Cl2N2S. The minimum atomic E-state index is 0.388. The van der Waals surface area contributed by atoms with Gasteiger partial charge >= 0.3 is 0 Å². The molecule has 0 aliphatic heterocycles. The van der Waals surface area contributed by atoms with Crippen LogP contribution in [0.2, 0.25) is 10.0 Å². The van der Waals surface area contributed by atoms with Crippen LogP contribution in [0, 0.1) is 0 Å². The van der Waals surface area contributed by atoms with Crippen molar-refractivity contribution in [1.29, 1.82) is 0 Å². The van der Waals surface area contributed by atoms with Crippen LogP contribution in [0.4, 0.5) is 0 Å². The molecule has 0 saturated heterocycles. The summed E-state index contributed by atoms with van der Waals surface area (Å²) in [5.41, 5.74) is 1.14. The number of rotatable bonds is 5. The first-order valence-electron chi connectivity index (χ1n) is 7.11. The summed E-state index contributed by atoms with van der Waals surface area (Å²) < 4.78 is 2.19. The van der Waals surface area contributed by atoms with Crippen molar-refractivity contribution < 1.29 is 0 Å². The summed E-state index contributed by atoms with van der Waals surface area (Å²) in [7, 11) is 2.08. The van der Waals surface area contributed by atoms with Crippen molar-refractivity contribution in [3.8, 4) is 0 Å². The van der Waals surface area contributed by atoms with Gasteiger partial charge in [0.15, 0.2) is 0 Å². The Morgan fingerprint density at radius 2 is 1.81 bits per heavy atom.